The Morgan fingerprint density at radius 3 is 2.70 bits per heavy atom. The van der Waals surface area contributed by atoms with E-state index in [1.165, 1.54) is 0 Å². The van der Waals surface area contributed by atoms with Gasteiger partial charge in [0.05, 0.1) is 12.3 Å². The van der Waals surface area contributed by atoms with Crippen molar-refractivity contribution in [3.05, 3.63) is 35.9 Å². The molecule has 0 bridgehead atoms. The van der Waals surface area contributed by atoms with Crippen LogP contribution in [0.3, 0.4) is 0 Å². The predicted molar refractivity (Wildman–Crippen MR) is 77.1 cm³/mol. The van der Waals surface area contributed by atoms with E-state index in [9.17, 15) is 4.79 Å². The van der Waals surface area contributed by atoms with Crippen LogP contribution in [0.2, 0.25) is 0 Å². The Balaban J connectivity index is 1.78. The number of nitrogens with one attached hydrogen (secondary N) is 1. The molecular weight excluding hydrogens is 252 g/mol. The maximum absolute atomic E-state index is 12.7. The summed E-state index contributed by atoms with van der Waals surface area (Å²) in [5.74, 6) is 0.197. The molecule has 0 spiro atoms. The largest absolute Gasteiger partial charge is 0.378 e. The van der Waals surface area contributed by atoms with Gasteiger partial charge in [-0.15, -0.1) is 0 Å². The molecule has 1 aromatic rings. The molecule has 4 atom stereocenters. The first-order chi connectivity index (χ1) is 9.66. The fourth-order valence-electron chi connectivity index (χ4n) is 3.34. The summed E-state index contributed by atoms with van der Waals surface area (Å²) in [4.78, 5) is 14.8. The molecule has 2 heterocycles. The lowest BCUT2D eigenvalue weighted by atomic mass is 10.0. The molecular formula is C16H22N2O2. The number of hydrogen-bond donors (Lipinski definition) is 1. The van der Waals surface area contributed by atoms with Gasteiger partial charge in [0.25, 0.3) is 0 Å². The second-order valence-electron chi connectivity index (χ2n) is 5.79. The number of ether oxygens (including phenoxy) is 1. The Labute approximate surface area is 120 Å². The van der Waals surface area contributed by atoms with Crippen LogP contribution in [0.25, 0.3) is 0 Å². The molecule has 3 rings (SSSR count). The van der Waals surface area contributed by atoms with Gasteiger partial charge in [-0.25, -0.2) is 0 Å². The van der Waals surface area contributed by atoms with Crippen molar-refractivity contribution < 1.29 is 9.53 Å². The van der Waals surface area contributed by atoms with E-state index in [1.54, 1.807) is 0 Å². The van der Waals surface area contributed by atoms with Crippen LogP contribution in [0, 0.1) is 0 Å². The van der Waals surface area contributed by atoms with Crippen LogP contribution >= 0.6 is 0 Å². The summed E-state index contributed by atoms with van der Waals surface area (Å²) in [6, 6.07) is 10.1. The summed E-state index contributed by atoms with van der Waals surface area (Å²) in [5.41, 5.74) is 1.05. The monoisotopic (exact) mass is 274 g/mol. The smallest absolute Gasteiger partial charge is 0.245 e. The van der Waals surface area contributed by atoms with Crippen molar-refractivity contribution in [1.82, 2.24) is 10.2 Å². The molecule has 2 saturated heterocycles. The van der Waals surface area contributed by atoms with Crippen molar-refractivity contribution in [2.24, 2.45) is 0 Å². The zero-order chi connectivity index (χ0) is 14.1. The summed E-state index contributed by atoms with van der Waals surface area (Å²) >= 11 is 0. The molecule has 2 aliphatic heterocycles. The molecule has 2 aliphatic rings. The topological polar surface area (TPSA) is 41.6 Å². The third-order valence-electron chi connectivity index (χ3n) is 4.31. The van der Waals surface area contributed by atoms with E-state index in [1.807, 2.05) is 35.2 Å². The minimum atomic E-state index is -0.204. The van der Waals surface area contributed by atoms with Gasteiger partial charge in [0, 0.05) is 12.6 Å². The third kappa shape index (κ3) is 2.45. The highest BCUT2D eigenvalue weighted by molar-refractivity contribution is 5.86. The molecule has 0 aromatic heterocycles. The van der Waals surface area contributed by atoms with Crippen molar-refractivity contribution >= 4 is 5.91 Å². The summed E-state index contributed by atoms with van der Waals surface area (Å²) in [7, 11) is 0. The number of carbonyl (C=O) groups excluding carboxylic acids is 1. The maximum atomic E-state index is 12.7. The molecule has 108 valence electrons. The van der Waals surface area contributed by atoms with Crippen LogP contribution in [0.15, 0.2) is 30.3 Å². The van der Waals surface area contributed by atoms with E-state index in [-0.39, 0.29) is 24.2 Å². The molecule has 20 heavy (non-hydrogen) atoms. The van der Waals surface area contributed by atoms with Crippen molar-refractivity contribution in [2.75, 3.05) is 6.61 Å². The Morgan fingerprint density at radius 2 is 2.00 bits per heavy atom. The van der Waals surface area contributed by atoms with E-state index >= 15 is 0 Å². The predicted octanol–water partition coefficient (Wildman–Crippen LogP) is 2.07. The summed E-state index contributed by atoms with van der Waals surface area (Å²) < 4.78 is 5.59. The van der Waals surface area contributed by atoms with Gasteiger partial charge in [-0.1, -0.05) is 30.3 Å². The molecule has 1 amide bonds. The normalized spacial score (nSPS) is 34.5. The molecule has 1 aromatic carbocycles. The van der Waals surface area contributed by atoms with E-state index < -0.39 is 0 Å². The lowest BCUT2D eigenvalue weighted by Crippen LogP contribution is -2.47. The first kappa shape index (κ1) is 13.6. The van der Waals surface area contributed by atoms with Gasteiger partial charge in [-0.3, -0.25) is 10.1 Å². The first-order valence-corrected chi connectivity index (χ1v) is 7.41. The van der Waals surface area contributed by atoms with Crippen molar-refractivity contribution in [3.63, 3.8) is 0 Å². The maximum Gasteiger partial charge on any atom is 0.245 e. The van der Waals surface area contributed by atoms with Crippen LogP contribution in [0.5, 0.6) is 0 Å². The zero-order valence-corrected chi connectivity index (χ0v) is 12.1. The third-order valence-corrected chi connectivity index (χ3v) is 4.31. The highest BCUT2D eigenvalue weighted by Gasteiger charge is 2.42. The van der Waals surface area contributed by atoms with Crippen molar-refractivity contribution in [1.29, 1.82) is 0 Å². The van der Waals surface area contributed by atoms with Gasteiger partial charge in [-0.05, 0) is 32.3 Å². The molecule has 0 saturated carbocycles. The van der Waals surface area contributed by atoms with E-state index in [2.05, 4.69) is 19.2 Å². The van der Waals surface area contributed by atoms with Crippen LogP contribution in [-0.4, -0.2) is 35.7 Å². The second kappa shape index (κ2) is 5.54. The molecule has 2 fully saturated rings. The van der Waals surface area contributed by atoms with Gasteiger partial charge in [0.15, 0.2) is 0 Å². The Kier molecular flexibility index (Phi) is 3.76. The number of hydrogen-bond acceptors (Lipinski definition) is 3. The van der Waals surface area contributed by atoms with Crippen LogP contribution in [0.1, 0.15) is 38.3 Å². The van der Waals surface area contributed by atoms with Gasteiger partial charge in [0.1, 0.15) is 6.04 Å². The van der Waals surface area contributed by atoms with Gasteiger partial charge >= 0.3 is 0 Å². The lowest BCUT2D eigenvalue weighted by Gasteiger charge is -2.36. The molecule has 0 aliphatic carbocycles. The highest BCUT2D eigenvalue weighted by atomic mass is 16.5. The van der Waals surface area contributed by atoms with E-state index in [0.29, 0.717) is 6.04 Å². The van der Waals surface area contributed by atoms with E-state index in [4.69, 9.17) is 4.74 Å². The lowest BCUT2D eigenvalue weighted by molar-refractivity contribution is -0.135. The van der Waals surface area contributed by atoms with Gasteiger partial charge < -0.3 is 9.64 Å². The van der Waals surface area contributed by atoms with Crippen LogP contribution < -0.4 is 5.32 Å². The number of nitrogens with zero attached hydrogens (tertiary/aromatic N) is 1. The summed E-state index contributed by atoms with van der Waals surface area (Å²) in [6.07, 6.45) is 2.19. The average molecular weight is 274 g/mol. The van der Waals surface area contributed by atoms with Gasteiger partial charge in [0.2, 0.25) is 5.91 Å². The number of amides is 1. The average Bonchev–Trinajstić information content (AvgIpc) is 2.75. The van der Waals surface area contributed by atoms with E-state index in [0.717, 1.165) is 25.0 Å². The number of benzene rings is 1. The molecule has 4 nitrogen and oxygen atoms in total. The quantitative estimate of drug-likeness (QED) is 0.897. The zero-order valence-electron chi connectivity index (χ0n) is 12.1. The Morgan fingerprint density at radius 1 is 1.25 bits per heavy atom. The number of rotatable bonds is 2. The van der Waals surface area contributed by atoms with Gasteiger partial charge in [-0.2, -0.15) is 0 Å². The summed E-state index contributed by atoms with van der Waals surface area (Å²) in [6.45, 7) is 4.90. The second-order valence-corrected chi connectivity index (χ2v) is 5.79. The SMILES string of the molecule is CC1CC(N2C(=O)C(c3ccccc3)NC2C)CCO1. The van der Waals surface area contributed by atoms with Crippen LogP contribution in [-0.2, 0) is 9.53 Å². The standard InChI is InChI=1S/C16H22N2O2/c1-11-10-14(8-9-20-11)18-12(2)17-15(16(18)19)13-6-4-3-5-7-13/h3-7,11-12,14-15,17H,8-10H2,1-2H3. The van der Waals surface area contributed by atoms with Crippen molar-refractivity contribution in [3.8, 4) is 0 Å². The highest BCUT2D eigenvalue weighted by Crippen LogP contribution is 2.30. The van der Waals surface area contributed by atoms with Crippen LogP contribution in [0.4, 0.5) is 0 Å². The minimum absolute atomic E-state index is 0.0861. The summed E-state index contributed by atoms with van der Waals surface area (Å²) in [5, 5.41) is 3.42. The molecule has 0 radical (unpaired) electrons. The fourth-order valence-corrected chi connectivity index (χ4v) is 3.34. The Bertz CT molecular complexity index is 477. The molecule has 1 N–H and O–H groups in total. The molecule has 4 heteroatoms. The number of carbonyl (C=O) groups is 1. The first-order valence-electron chi connectivity index (χ1n) is 7.41. The fraction of sp³-hybridized carbons (Fsp3) is 0.562. The Hall–Kier alpha value is -1.39. The minimum Gasteiger partial charge on any atom is -0.378 e. The van der Waals surface area contributed by atoms with Crippen molar-refractivity contribution in [2.45, 2.75) is 51.0 Å². The molecule has 4 unspecified atom stereocenters.